The Morgan fingerprint density at radius 2 is 1.07 bits per heavy atom. The van der Waals surface area contributed by atoms with Gasteiger partial charge >= 0.3 is 11.9 Å². The molecule has 2 unspecified atom stereocenters. The van der Waals surface area contributed by atoms with Gasteiger partial charge in [-0.3, -0.25) is 4.79 Å². The van der Waals surface area contributed by atoms with Gasteiger partial charge in [0.15, 0.2) is 0 Å². The highest BCUT2D eigenvalue weighted by atomic mass is 16.6. The van der Waals surface area contributed by atoms with E-state index in [1.165, 1.54) is 96.3 Å². The van der Waals surface area contributed by atoms with E-state index < -0.39 is 0 Å². The summed E-state index contributed by atoms with van der Waals surface area (Å²) in [6.07, 6.45) is 28.7. The molecule has 262 valence electrons. The molecule has 0 aliphatic heterocycles. The molecule has 0 N–H and O–H groups in total. The van der Waals surface area contributed by atoms with Crippen molar-refractivity contribution in [2.24, 2.45) is 5.92 Å². The smallest absolute Gasteiger partial charge is 0.332 e. The molecule has 6 nitrogen and oxygen atoms in total. The molecule has 0 bridgehead atoms. The molecule has 0 radical (unpaired) electrons. The van der Waals surface area contributed by atoms with Crippen LogP contribution in [0.2, 0.25) is 0 Å². The average Bonchev–Trinajstić information content (AvgIpc) is 3.00. The maximum Gasteiger partial charge on any atom is 0.332 e. The van der Waals surface area contributed by atoms with Gasteiger partial charge in [-0.15, -0.1) is 0 Å². The Bertz CT molecular complexity index is 626. The minimum Gasteiger partial charge on any atom is -0.465 e. The molecule has 0 aliphatic carbocycles. The predicted octanol–water partition coefficient (Wildman–Crippen LogP) is 10.4. The lowest BCUT2D eigenvalue weighted by molar-refractivity contribution is -0.155. The van der Waals surface area contributed by atoms with Crippen molar-refractivity contribution in [3.63, 3.8) is 0 Å². The van der Waals surface area contributed by atoms with Crippen LogP contribution in [0.1, 0.15) is 181 Å². The number of hydrogen-bond acceptors (Lipinski definition) is 6. The van der Waals surface area contributed by atoms with Crippen LogP contribution in [0.5, 0.6) is 0 Å². The molecule has 0 heterocycles. The Balaban J connectivity index is 4.17. The van der Waals surface area contributed by atoms with E-state index in [2.05, 4.69) is 25.7 Å². The van der Waals surface area contributed by atoms with Crippen molar-refractivity contribution in [2.75, 3.05) is 40.5 Å². The first kappa shape index (κ1) is 42.9. The highest BCUT2D eigenvalue weighted by Gasteiger charge is 2.15. The van der Waals surface area contributed by atoms with E-state index in [0.29, 0.717) is 25.6 Å². The SMILES string of the molecule is CCCCCCCCCC(CCCCCCCCC(=O)OCC(CCCC)CCCCCC)OC(=O)COCCCN(C)C. The predicted molar refractivity (Wildman–Crippen MR) is 186 cm³/mol. The number of nitrogens with zero attached hydrogens (tertiary/aromatic N) is 1. The van der Waals surface area contributed by atoms with Gasteiger partial charge < -0.3 is 19.1 Å². The van der Waals surface area contributed by atoms with Crippen molar-refractivity contribution >= 4 is 11.9 Å². The number of carbonyl (C=O) groups is 2. The summed E-state index contributed by atoms with van der Waals surface area (Å²) in [4.78, 5) is 26.9. The molecule has 0 aromatic heterocycles. The molecule has 0 aliphatic rings. The summed E-state index contributed by atoms with van der Waals surface area (Å²) in [6, 6.07) is 0. The molecular weight excluding hydrogens is 550 g/mol. The molecule has 0 saturated heterocycles. The van der Waals surface area contributed by atoms with Gasteiger partial charge in [0.05, 0.1) is 6.61 Å². The fourth-order valence-electron chi connectivity index (χ4n) is 5.74. The van der Waals surface area contributed by atoms with Crippen LogP contribution >= 0.6 is 0 Å². The molecule has 0 rings (SSSR count). The average molecular weight is 626 g/mol. The molecular formula is C38H75NO5. The van der Waals surface area contributed by atoms with E-state index in [4.69, 9.17) is 14.2 Å². The zero-order chi connectivity index (χ0) is 32.5. The zero-order valence-corrected chi connectivity index (χ0v) is 30.1. The molecule has 6 heteroatoms. The van der Waals surface area contributed by atoms with E-state index in [1.807, 2.05) is 14.1 Å². The van der Waals surface area contributed by atoms with Gasteiger partial charge in [-0.1, -0.05) is 124 Å². The van der Waals surface area contributed by atoms with Crippen molar-refractivity contribution in [3.05, 3.63) is 0 Å². The van der Waals surface area contributed by atoms with E-state index >= 15 is 0 Å². The third-order valence-corrected chi connectivity index (χ3v) is 8.61. The van der Waals surface area contributed by atoms with Gasteiger partial charge in [0, 0.05) is 13.0 Å². The van der Waals surface area contributed by atoms with Gasteiger partial charge in [0.25, 0.3) is 0 Å². The van der Waals surface area contributed by atoms with Gasteiger partial charge in [0.1, 0.15) is 12.7 Å². The van der Waals surface area contributed by atoms with Crippen LogP contribution in [0.15, 0.2) is 0 Å². The lowest BCUT2D eigenvalue weighted by Crippen LogP contribution is -2.23. The lowest BCUT2D eigenvalue weighted by atomic mass is 9.96. The first-order valence-corrected chi connectivity index (χ1v) is 19.0. The van der Waals surface area contributed by atoms with Crippen LogP contribution in [0.4, 0.5) is 0 Å². The number of rotatable bonds is 34. The minimum atomic E-state index is -0.220. The van der Waals surface area contributed by atoms with Crippen LogP contribution in [0, 0.1) is 5.92 Å². The van der Waals surface area contributed by atoms with E-state index in [0.717, 1.165) is 64.3 Å². The van der Waals surface area contributed by atoms with E-state index in [-0.39, 0.29) is 24.6 Å². The molecule has 0 aromatic rings. The highest BCUT2D eigenvalue weighted by Crippen LogP contribution is 2.20. The summed E-state index contributed by atoms with van der Waals surface area (Å²) in [7, 11) is 4.08. The summed E-state index contributed by atoms with van der Waals surface area (Å²) < 4.78 is 17.1. The normalized spacial score (nSPS) is 12.9. The summed E-state index contributed by atoms with van der Waals surface area (Å²) in [5.41, 5.74) is 0. The van der Waals surface area contributed by atoms with Crippen LogP contribution in [0.3, 0.4) is 0 Å². The molecule has 0 aromatic carbocycles. The Hall–Kier alpha value is -1.14. The number of ether oxygens (including phenoxy) is 3. The molecule has 0 spiro atoms. The monoisotopic (exact) mass is 626 g/mol. The summed E-state index contributed by atoms with van der Waals surface area (Å²) in [6.45, 7) is 8.94. The molecule has 0 saturated carbocycles. The van der Waals surface area contributed by atoms with Crippen LogP contribution in [-0.2, 0) is 23.8 Å². The third kappa shape index (κ3) is 30.9. The first-order valence-electron chi connectivity index (χ1n) is 19.0. The number of carbonyl (C=O) groups excluding carboxylic acids is 2. The Labute approximate surface area is 274 Å². The van der Waals surface area contributed by atoms with Crippen LogP contribution in [-0.4, -0.2) is 63.4 Å². The van der Waals surface area contributed by atoms with E-state index in [1.54, 1.807) is 0 Å². The third-order valence-electron chi connectivity index (χ3n) is 8.61. The van der Waals surface area contributed by atoms with Gasteiger partial charge in [-0.05, 0) is 77.9 Å². The van der Waals surface area contributed by atoms with Crippen molar-refractivity contribution in [1.82, 2.24) is 4.90 Å². The van der Waals surface area contributed by atoms with Crippen molar-refractivity contribution in [1.29, 1.82) is 0 Å². The first-order chi connectivity index (χ1) is 21.4. The number of esters is 2. The lowest BCUT2D eigenvalue weighted by Gasteiger charge is -2.18. The second kappa shape index (κ2) is 33.2. The van der Waals surface area contributed by atoms with Crippen molar-refractivity contribution < 1.29 is 23.8 Å². The summed E-state index contributed by atoms with van der Waals surface area (Å²) in [5.74, 6) is 0.296. The van der Waals surface area contributed by atoms with Crippen LogP contribution < -0.4 is 0 Å². The topological polar surface area (TPSA) is 65.1 Å². The number of hydrogen-bond donors (Lipinski definition) is 0. The maximum atomic E-state index is 12.4. The summed E-state index contributed by atoms with van der Waals surface area (Å²) >= 11 is 0. The highest BCUT2D eigenvalue weighted by molar-refractivity contribution is 5.70. The second-order valence-electron chi connectivity index (χ2n) is 13.4. The quantitative estimate of drug-likeness (QED) is 0.0524. The van der Waals surface area contributed by atoms with Gasteiger partial charge in [0.2, 0.25) is 0 Å². The fraction of sp³-hybridized carbons (Fsp3) is 0.947. The second-order valence-corrected chi connectivity index (χ2v) is 13.4. The molecule has 44 heavy (non-hydrogen) atoms. The maximum absolute atomic E-state index is 12.4. The standard InChI is InChI=1S/C38H75NO5/c1-6-9-12-14-15-18-22-28-36(44-38(41)34-42-32-25-31-39(4)5)29-23-19-16-17-20-24-30-37(40)43-33-35(26-11-8-3)27-21-13-10-7-2/h35-36H,6-34H2,1-5H3. The Morgan fingerprint density at radius 3 is 1.66 bits per heavy atom. The molecule has 0 fully saturated rings. The Kier molecular flexibility index (Phi) is 32.4. The van der Waals surface area contributed by atoms with Crippen LogP contribution in [0.25, 0.3) is 0 Å². The zero-order valence-electron chi connectivity index (χ0n) is 30.1. The van der Waals surface area contributed by atoms with E-state index in [9.17, 15) is 9.59 Å². The van der Waals surface area contributed by atoms with Gasteiger partial charge in [-0.25, -0.2) is 4.79 Å². The fourth-order valence-corrected chi connectivity index (χ4v) is 5.74. The Morgan fingerprint density at radius 1 is 0.568 bits per heavy atom. The minimum absolute atomic E-state index is 0.00563. The summed E-state index contributed by atoms with van der Waals surface area (Å²) in [5, 5.41) is 0. The largest absolute Gasteiger partial charge is 0.465 e. The molecule has 0 amide bonds. The van der Waals surface area contributed by atoms with Crippen molar-refractivity contribution in [3.8, 4) is 0 Å². The van der Waals surface area contributed by atoms with Gasteiger partial charge in [-0.2, -0.15) is 0 Å². The number of unbranched alkanes of at least 4 members (excludes halogenated alkanes) is 15. The molecule has 2 atom stereocenters. The van der Waals surface area contributed by atoms with Crippen molar-refractivity contribution in [2.45, 2.75) is 187 Å².